The van der Waals surface area contributed by atoms with Crippen LogP contribution in [0.25, 0.3) is 5.70 Å². The second kappa shape index (κ2) is 4.45. The van der Waals surface area contributed by atoms with Crippen LogP contribution >= 0.6 is 0 Å². The molecular weight excluding hydrogens is 242 g/mol. The number of fused-ring (bicyclic) bond motifs is 1. The molecule has 0 amide bonds. The maximum atomic E-state index is 11.8. The van der Waals surface area contributed by atoms with Gasteiger partial charge in [0.15, 0.2) is 0 Å². The second-order valence-corrected chi connectivity index (χ2v) is 3.99. The van der Waals surface area contributed by atoms with Crippen LogP contribution in [0.15, 0.2) is 48.8 Å². The Hall–Kier alpha value is -2.82. The monoisotopic (exact) mass is 251 g/mol. The molecule has 0 atom stereocenters. The Bertz CT molecular complexity index is 693. The van der Waals surface area contributed by atoms with Gasteiger partial charge in [0.2, 0.25) is 17.5 Å². The van der Waals surface area contributed by atoms with Crippen molar-refractivity contribution in [1.29, 1.82) is 0 Å². The number of ketones is 2. The molecule has 1 aliphatic rings. The van der Waals surface area contributed by atoms with E-state index in [2.05, 4.69) is 15.3 Å². The van der Waals surface area contributed by atoms with Crippen LogP contribution < -0.4 is 5.32 Å². The molecule has 1 heterocycles. The summed E-state index contributed by atoms with van der Waals surface area (Å²) in [5, 5.41) is 2.95. The van der Waals surface area contributed by atoms with Crippen molar-refractivity contribution in [3.8, 4) is 0 Å². The zero-order chi connectivity index (χ0) is 13.2. The summed E-state index contributed by atoms with van der Waals surface area (Å²) in [5.41, 5.74) is 1.61. The Kier molecular flexibility index (Phi) is 2.64. The van der Waals surface area contributed by atoms with E-state index < -0.39 is 11.6 Å². The van der Waals surface area contributed by atoms with Crippen molar-refractivity contribution in [3.63, 3.8) is 0 Å². The first-order valence-corrected chi connectivity index (χ1v) is 5.69. The van der Waals surface area contributed by atoms with Crippen LogP contribution in [0.3, 0.4) is 0 Å². The number of anilines is 1. The van der Waals surface area contributed by atoms with Gasteiger partial charge in [-0.25, -0.2) is 9.97 Å². The minimum Gasteiger partial charge on any atom is -0.323 e. The predicted molar refractivity (Wildman–Crippen MR) is 69.4 cm³/mol. The van der Waals surface area contributed by atoms with E-state index in [4.69, 9.17) is 0 Å². The average Bonchev–Trinajstić information content (AvgIpc) is 2.46. The summed E-state index contributed by atoms with van der Waals surface area (Å²) in [7, 11) is 0. The Morgan fingerprint density at radius 1 is 0.895 bits per heavy atom. The van der Waals surface area contributed by atoms with Crippen molar-refractivity contribution in [1.82, 2.24) is 9.97 Å². The van der Waals surface area contributed by atoms with Crippen molar-refractivity contribution < 1.29 is 9.59 Å². The van der Waals surface area contributed by atoms with Crippen molar-refractivity contribution >= 4 is 23.2 Å². The lowest BCUT2D eigenvalue weighted by Crippen LogP contribution is -2.21. The molecule has 1 aliphatic carbocycles. The smallest absolute Gasteiger partial charge is 0.233 e. The van der Waals surface area contributed by atoms with Crippen LogP contribution in [0.4, 0.5) is 5.95 Å². The lowest BCUT2D eigenvalue weighted by Gasteiger charge is -2.16. The number of allylic oxidation sites excluding steroid dienone is 1. The van der Waals surface area contributed by atoms with Crippen molar-refractivity contribution in [2.24, 2.45) is 0 Å². The van der Waals surface area contributed by atoms with E-state index in [1.54, 1.807) is 36.7 Å². The molecule has 5 nitrogen and oxygen atoms in total. The van der Waals surface area contributed by atoms with Gasteiger partial charge in [-0.2, -0.15) is 0 Å². The van der Waals surface area contributed by atoms with E-state index in [0.29, 0.717) is 22.8 Å². The molecule has 1 N–H and O–H groups in total. The van der Waals surface area contributed by atoms with Gasteiger partial charge in [0.05, 0.1) is 5.70 Å². The first kappa shape index (κ1) is 11.3. The number of Topliss-reactive ketones (excluding diaryl/α,β-unsaturated/α-hetero) is 1. The minimum absolute atomic E-state index is 0.380. The summed E-state index contributed by atoms with van der Waals surface area (Å²) in [4.78, 5) is 31.5. The van der Waals surface area contributed by atoms with Gasteiger partial charge < -0.3 is 5.32 Å². The van der Waals surface area contributed by atoms with Gasteiger partial charge in [0.25, 0.3) is 0 Å². The normalized spacial score (nSPS) is 13.8. The highest BCUT2D eigenvalue weighted by molar-refractivity contribution is 6.50. The maximum absolute atomic E-state index is 11.8. The highest BCUT2D eigenvalue weighted by Gasteiger charge is 2.25. The molecule has 92 valence electrons. The topological polar surface area (TPSA) is 72.0 Å². The first-order chi connectivity index (χ1) is 9.25. The fourth-order valence-corrected chi connectivity index (χ4v) is 1.91. The van der Waals surface area contributed by atoms with Crippen LogP contribution in [-0.4, -0.2) is 21.5 Å². The van der Waals surface area contributed by atoms with Crippen LogP contribution in [0.1, 0.15) is 15.9 Å². The van der Waals surface area contributed by atoms with Crippen molar-refractivity contribution in [2.75, 3.05) is 5.32 Å². The first-order valence-electron chi connectivity index (χ1n) is 5.69. The standard InChI is InChI=1S/C14H9N3O2/c18-12-8-11(17-14-15-6-3-7-16-14)9-4-1-2-5-10(9)13(12)19/h1-8H,(H,15,16,17). The summed E-state index contributed by atoms with van der Waals surface area (Å²) in [6, 6.07) is 8.65. The zero-order valence-corrected chi connectivity index (χ0v) is 9.83. The molecule has 3 rings (SSSR count). The number of hydrogen-bond acceptors (Lipinski definition) is 5. The van der Waals surface area contributed by atoms with Gasteiger partial charge in [0.1, 0.15) is 0 Å². The largest absolute Gasteiger partial charge is 0.323 e. The van der Waals surface area contributed by atoms with Crippen LogP contribution in [-0.2, 0) is 4.79 Å². The number of carbonyl (C=O) groups is 2. The number of carbonyl (C=O) groups excluding carboxylic acids is 2. The van der Waals surface area contributed by atoms with E-state index in [9.17, 15) is 9.59 Å². The molecule has 5 heteroatoms. The molecule has 0 radical (unpaired) electrons. The molecule has 0 unspecified atom stereocenters. The number of aromatic nitrogens is 2. The summed E-state index contributed by atoms with van der Waals surface area (Å²) in [5.74, 6) is -0.655. The Labute approximate surface area is 109 Å². The third-order valence-electron chi connectivity index (χ3n) is 2.77. The molecule has 0 saturated heterocycles. The van der Waals surface area contributed by atoms with Crippen LogP contribution in [0.5, 0.6) is 0 Å². The van der Waals surface area contributed by atoms with E-state index in [-0.39, 0.29) is 0 Å². The van der Waals surface area contributed by atoms with Gasteiger partial charge >= 0.3 is 0 Å². The molecule has 1 aromatic carbocycles. The average molecular weight is 251 g/mol. The number of hydrogen-bond donors (Lipinski definition) is 1. The molecule has 0 fully saturated rings. The van der Waals surface area contributed by atoms with Crippen LogP contribution in [0.2, 0.25) is 0 Å². The number of nitrogens with zero attached hydrogens (tertiary/aromatic N) is 2. The van der Waals surface area contributed by atoms with E-state index in [1.165, 1.54) is 6.08 Å². The van der Waals surface area contributed by atoms with Crippen molar-refractivity contribution in [2.45, 2.75) is 0 Å². The summed E-state index contributed by atoms with van der Waals surface area (Å²) in [6.45, 7) is 0. The fourth-order valence-electron chi connectivity index (χ4n) is 1.91. The van der Waals surface area contributed by atoms with Crippen LogP contribution in [0, 0.1) is 0 Å². The Balaban J connectivity index is 2.04. The van der Waals surface area contributed by atoms with Gasteiger partial charge in [0, 0.05) is 29.6 Å². The molecule has 0 spiro atoms. The highest BCUT2D eigenvalue weighted by Crippen LogP contribution is 2.25. The Morgan fingerprint density at radius 3 is 2.32 bits per heavy atom. The summed E-state index contributed by atoms with van der Waals surface area (Å²) >= 11 is 0. The predicted octanol–water partition coefficient (Wildman–Crippen LogP) is 1.69. The molecular formula is C14H9N3O2. The van der Waals surface area contributed by atoms with Gasteiger partial charge in [-0.3, -0.25) is 9.59 Å². The fraction of sp³-hybridized carbons (Fsp3) is 0. The second-order valence-electron chi connectivity index (χ2n) is 3.99. The number of benzene rings is 1. The third-order valence-corrected chi connectivity index (χ3v) is 2.77. The molecule has 0 saturated carbocycles. The lowest BCUT2D eigenvalue weighted by molar-refractivity contribution is -0.111. The lowest BCUT2D eigenvalue weighted by atomic mass is 9.93. The quantitative estimate of drug-likeness (QED) is 0.822. The molecule has 0 aliphatic heterocycles. The van der Waals surface area contributed by atoms with E-state index in [1.807, 2.05) is 6.07 Å². The Morgan fingerprint density at radius 2 is 1.58 bits per heavy atom. The van der Waals surface area contributed by atoms with Crippen molar-refractivity contribution in [3.05, 3.63) is 59.9 Å². The van der Waals surface area contributed by atoms with Gasteiger partial charge in [-0.1, -0.05) is 24.3 Å². The molecule has 1 aromatic heterocycles. The van der Waals surface area contributed by atoms with E-state index in [0.717, 1.165) is 0 Å². The summed E-state index contributed by atoms with van der Waals surface area (Å²) < 4.78 is 0. The molecule has 0 bridgehead atoms. The highest BCUT2D eigenvalue weighted by atomic mass is 16.2. The zero-order valence-electron chi connectivity index (χ0n) is 9.83. The maximum Gasteiger partial charge on any atom is 0.233 e. The SMILES string of the molecule is O=C1C=C(Nc2ncccn2)c2ccccc2C1=O. The third kappa shape index (κ3) is 2.01. The van der Waals surface area contributed by atoms with Gasteiger partial charge in [-0.15, -0.1) is 0 Å². The van der Waals surface area contributed by atoms with E-state index >= 15 is 0 Å². The molecule has 2 aromatic rings. The van der Waals surface area contributed by atoms with Gasteiger partial charge in [-0.05, 0) is 6.07 Å². The number of nitrogens with one attached hydrogen (secondary N) is 1. The summed E-state index contributed by atoms with van der Waals surface area (Å²) in [6.07, 6.45) is 4.47. The minimum atomic E-state index is -0.544. The molecule has 19 heavy (non-hydrogen) atoms. The number of rotatable bonds is 2.